The molecule has 0 unspecified atom stereocenters. The van der Waals surface area contributed by atoms with Gasteiger partial charge in [0.15, 0.2) is 0 Å². The van der Waals surface area contributed by atoms with Gasteiger partial charge in [-0.05, 0) is 0 Å². The van der Waals surface area contributed by atoms with Crippen LogP contribution in [0.5, 0.6) is 0 Å². The van der Waals surface area contributed by atoms with Gasteiger partial charge in [-0.2, -0.15) is 0 Å². The summed E-state index contributed by atoms with van der Waals surface area (Å²) in [6.07, 6.45) is 0. The van der Waals surface area contributed by atoms with E-state index in [0.717, 1.165) is 0 Å². The molecule has 0 aliphatic rings. The van der Waals surface area contributed by atoms with E-state index < -0.39 is 0 Å². The van der Waals surface area contributed by atoms with E-state index >= 15 is 0 Å². The first-order chi connectivity index (χ1) is 2.41. The van der Waals surface area contributed by atoms with E-state index in [1.165, 1.54) is 0 Å². The van der Waals surface area contributed by atoms with E-state index in [0.29, 0.717) is 13.5 Å². The molecule has 9 heavy (non-hydrogen) atoms. The quantitative estimate of drug-likeness (QED) is 0.226. The fraction of sp³-hybridized carbons (Fsp3) is 0. The molecule has 0 heterocycles. The van der Waals surface area contributed by atoms with Gasteiger partial charge in [0.25, 0.3) is 0 Å². The van der Waals surface area contributed by atoms with Gasteiger partial charge in [0.1, 0.15) is 0 Å². The van der Waals surface area contributed by atoms with Crippen LogP contribution in [0.1, 0.15) is 0 Å². The molecule has 0 bridgehead atoms. The van der Waals surface area contributed by atoms with Crippen LogP contribution in [0.3, 0.4) is 0 Å². The van der Waals surface area contributed by atoms with Crippen molar-refractivity contribution in [2.45, 2.75) is 0 Å². The molecule has 5 radical (unpaired) electrons. The van der Waals surface area contributed by atoms with Gasteiger partial charge in [0, 0.05) is 65.2 Å². The minimum Gasteiger partial charge on any atom is 0 e. The van der Waals surface area contributed by atoms with E-state index in [1.54, 1.807) is 60.8 Å². The molecule has 9 heteroatoms. The molecule has 0 amide bonds. The van der Waals surface area contributed by atoms with Gasteiger partial charge in [-0.1, -0.05) is 0 Å². The number of hydrogen-bond acceptors (Lipinski definition) is 0. The Morgan fingerprint density at radius 2 is 1.44 bits per heavy atom. The molecular formula is H6BNbPbSbSnTaTiWZr. The molecule has 46 valence electrons. The van der Waals surface area contributed by atoms with Crippen molar-refractivity contribution in [3.05, 3.63) is 0 Å². The Labute approximate surface area is 167 Å². The first kappa shape index (κ1) is 36.1. The topological polar surface area (TPSA) is 0 Å². The average Bonchev–Trinajstić information content (AvgIpc) is 1.46. The molecule has 0 fully saturated rings. The molecule has 0 rings (SSSR count). The van der Waals surface area contributed by atoms with Crippen molar-refractivity contribution in [1.82, 2.24) is 0 Å². The predicted octanol–water partition coefficient (Wildman–Crippen LogP) is -3.14. The Kier molecular flexibility index (Phi) is 190. The minimum absolute atomic E-state index is 0. The molecule has 0 N–H and O–H groups in total. The van der Waals surface area contributed by atoms with E-state index in [1.807, 2.05) is 0 Å². The molecule has 0 aromatic heterocycles. The van der Waals surface area contributed by atoms with Gasteiger partial charge in [-0.15, -0.1) is 0 Å². The molecule has 0 spiro atoms. The first-order valence-electron chi connectivity index (χ1n) is 1.01. The van der Waals surface area contributed by atoms with Crippen LogP contribution in [0, 0.1) is 0 Å². The van der Waals surface area contributed by atoms with Crippen molar-refractivity contribution < 1.29 is 107 Å². The van der Waals surface area contributed by atoms with Crippen LogP contribution < -0.4 is 0 Å². The summed E-state index contributed by atoms with van der Waals surface area (Å²) in [4.78, 5) is 0. The van der Waals surface area contributed by atoms with Crippen LogP contribution in [-0.2, 0) is 107 Å². The summed E-state index contributed by atoms with van der Waals surface area (Å²) >= 11 is 5.41. The van der Waals surface area contributed by atoms with Gasteiger partial charge in [0.2, 0.25) is 0 Å². The summed E-state index contributed by atoms with van der Waals surface area (Å²) in [7, 11) is 0. The second-order valence-electron chi connectivity index (χ2n) is 0.129. The zero-order valence-corrected chi connectivity index (χ0v) is 29.1. The second kappa shape index (κ2) is 47.3. The second-order valence-corrected chi connectivity index (χ2v) is 47.6. The van der Waals surface area contributed by atoms with Crippen molar-refractivity contribution in [2.75, 3.05) is 0 Å². The van der Waals surface area contributed by atoms with Crippen molar-refractivity contribution >= 4 is 65.2 Å². The van der Waals surface area contributed by atoms with Crippen LogP contribution in [0.25, 0.3) is 0 Å². The summed E-state index contributed by atoms with van der Waals surface area (Å²) in [6.45, 7) is 0. The molecule has 0 atom stereocenters. The Bertz CT molecular complexity index is 28.5. The van der Waals surface area contributed by atoms with Crippen LogP contribution in [0.15, 0.2) is 0 Å². The normalized spacial score (nSPS) is 2.22. The third kappa shape index (κ3) is 54.2. The van der Waals surface area contributed by atoms with Crippen LogP contribution >= 0.6 is 0 Å². The van der Waals surface area contributed by atoms with Crippen molar-refractivity contribution in [3.63, 3.8) is 0 Å². The van der Waals surface area contributed by atoms with Gasteiger partial charge in [-0.3, -0.25) is 0 Å². The van der Waals surface area contributed by atoms with Crippen LogP contribution in [0.2, 0.25) is 0 Å². The Balaban J connectivity index is -0.00000000357. The maximum Gasteiger partial charge on any atom is 0 e. The molecule has 0 nitrogen and oxygen atoms in total. The average molecular weight is 1060 g/mol. The molecule has 0 aliphatic heterocycles. The maximum absolute atomic E-state index is 2.09. The minimum atomic E-state index is 0. The van der Waals surface area contributed by atoms with Crippen molar-refractivity contribution in [1.29, 1.82) is 0 Å². The van der Waals surface area contributed by atoms with Gasteiger partial charge in [0.05, 0.1) is 0 Å². The first-order valence-corrected chi connectivity index (χ1v) is 28.2. The van der Waals surface area contributed by atoms with Gasteiger partial charge in [-0.25, -0.2) is 0 Å². The molecule has 0 saturated carbocycles. The Hall–Kier alpha value is 6.37. The smallest absolute Gasteiger partial charge is 0 e. The van der Waals surface area contributed by atoms with Gasteiger partial charge >= 0.3 is 107 Å². The van der Waals surface area contributed by atoms with E-state index in [4.69, 9.17) is 0 Å². The number of rotatable bonds is 0. The van der Waals surface area contributed by atoms with Gasteiger partial charge < -0.3 is 0 Å². The Morgan fingerprint density at radius 1 is 1.44 bits per heavy atom. The molecule has 0 aromatic carbocycles. The third-order valence-corrected chi connectivity index (χ3v) is 0. The fourth-order valence-electron chi connectivity index (χ4n) is 0. The summed E-state index contributed by atoms with van der Waals surface area (Å²) in [6, 6.07) is 0. The molecule has 0 saturated heterocycles. The maximum atomic E-state index is 2.09. The molecule has 0 aliphatic carbocycles. The zero-order chi connectivity index (χ0) is 4.71. The molecule has 0 aromatic rings. The van der Waals surface area contributed by atoms with E-state index in [-0.39, 0.29) is 92.5 Å². The predicted molar refractivity (Wildman–Crippen MR) is 31.4 cm³/mol. The zero-order valence-electron chi connectivity index (χ0n) is 5.09. The summed E-state index contributed by atoms with van der Waals surface area (Å²) in [5.74, 6) is 0. The van der Waals surface area contributed by atoms with E-state index in [2.05, 4.69) is 5.38 Å². The molecular weight excluding hydrogens is 1060 g/mol. The fourth-order valence-corrected chi connectivity index (χ4v) is 0. The third-order valence-electron chi connectivity index (χ3n) is 0. The van der Waals surface area contributed by atoms with Crippen molar-refractivity contribution in [3.8, 4) is 0 Å². The van der Waals surface area contributed by atoms with E-state index in [9.17, 15) is 0 Å². The largest absolute Gasteiger partial charge is 0 e. The summed E-state index contributed by atoms with van der Waals surface area (Å²) in [5, 5.41) is 2.09. The van der Waals surface area contributed by atoms with Crippen molar-refractivity contribution in [2.24, 2.45) is 0 Å². The monoisotopic (exact) mass is 1060 g/mol. The standard InChI is InChI=1S/BH2.Nb.Pb.Sb.Sn.Ta.Ti.W.Zr.4H/h1H2;;;;;;;;;;;;/q+1;;;;;;;;-1;;;;. The van der Waals surface area contributed by atoms with Crippen LogP contribution in [-0.4, -0.2) is 65.2 Å². The SMILES string of the molecule is [BH2][Zr].[Nb].[PbH2].[SbH2][Sn][Ta].[Ti].[W]. The summed E-state index contributed by atoms with van der Waals surface area (Å²) < 4.78 is 0. The Morgan fingerprint density at radius 3 is 1.44 bits per heavy atom. The number of hydrogen-bond donors (Lipinski definition) is 0. The summed E-state index contributed by atoms with van der Waals surface area (Å²) in [5.41, 5.74) is 0. The van der Waals surface area contributed by atoms with Crippen LogP contribution in [0.4, 0.5) is 0 Å².